The second-order valence-corrected chi connectivity index (χ2v) is 8.95. The number of rotatable bonds is 4. The monoisotopic (exact) mass is 479 g/mol. The Hall–Kier alpha value is -3.67. The molecule has 3 aromatic rings. The number of urea groups is 1. The van der Waals surface area contributed by atoms with E-state index in [4.69, 9.17) is 0 Å². The number of piperidine rings is 1. The Kier molecular flexibility index (Phi) is 6.56. The van der Waals surface area contributed by atoms with Crippen LogP contribution in [0, 0.1) is 0 Å². The largest absolute Gasteiger partial charge is 0.337 e. The summed E-state index contributed by atoms with van der Waals surface area (Å²) in [6, 6.07) is 5.35. The molecule has 2 aliphatic rings. The van der Waals surface area contributed by atoms with Crippen LogP contribution in [0.3, 0.4) is 0 Å². The second-order valence-electron chi connectivity index (χ2n) is 8.20. The number of hydrogen-bond donors (Lipinski definition) is 1. The third-order valence-electron chi connectivity index (χ3n) is 6.15. The Morgan fingerprint density at radius 2 is 1.82 bits per heavy atom. The molecule has 34 heavy (non-hydrogen) atoms. The number of likely N-dealkylation sites (tertiary alicyclic amines) is 1. The third kappa shape index (κ3) is 4.67. The Morgan fingerprint density at radius 3 is 2.59 bits per heavy atom. The van der Waals surface area contributed by atoms with E-state index in [1.54, 1.807) is 35.8 Å². The molecule has 0 spiro atoms. The lowest BCUT2D eigenvalue weighted by atomic mass is 9.97. The molecule has 5 heterocycles. The van der Waals surface area contributed by atoms with Gasteiger partial charge in [0.2, 0.25) is 5.95 Å². The van der Waals surface area contributed by atoms with Crippen molar-refractivity contribution >= 4 is 34.4 Å². The summed E-state index contributed by atoms with van der Waals surface area (Å²) < 4.78 is 3.95. The average molecular weight is 480 g/mol. The first-order valence-corrected chi connectivity index (χ1v) is 12.1. The minimum absolute atomic E-state index is 0.0456. The van der Waals surface area contributed by atoms with Crippen LogP contribution < -0.4 is 10.2 Å². The normalized spacial score (nSPS) is 18.6. The molecular weight excluding hydrogens is 454 g/mol. The maximum Gasteiger partial charge on any atom is 0.323 e. The van der Waals surface area contributed by atoms with Gasteiger partial charge in [-0.1, -0.05) is 10.6 Å². The van der Waals surface area contributed by atoms with Gasteiger partial charge in [-0.3, -0.25) is 15.1 Å². The van der Waals surface area contributed by atoms with Gasteiger partial charge in [0.15, 0.2) is 10.7 Å². The number of carbonyl (C=O) groups excluding carboxylic acids is 2. The van der Waals surface area contributed by atoms with Gasteiger partial charge in [0, 0.05) is 69.0 Å². The van der Waals surface area contributed by atoms with E-state index < -0.39 is 0 Å². The van der Waals surface area contributed by atoms with Gasteiger partial charge in [-0.25, -0.2) is 14.8 Å². The van der Waals surface area contributed by atoms with Gasteiger partial charge in [-0.05, 0) is 37.0 Å². The Balaban J connectivity index is 1.24. The van der Waals surface area contributed by atoms with Crippen LogP contribution in [0.2, 0.25) is 0 Å². The maximum atomic E-state index is 13.2. The predicted octanol–water partition coefficient (Wildman–Crippen LogP) is 2.44. The smallest absolute Gasteiger partial charge is 0.323 e. The molecule has 12 heteroatoms. The second kappa shape index (κ2) is 10.1. The lowest BCUT2D eigenvalue weighted by Gasteiger charge is -2.36. The van der Waals surface area contributed by atoms with Crippen LogP contribution in [-0.2, 0) is 0 Å². The fourth-order valence-corrected chi connectivity index (χ4v) is 4.94. The highest BCUT2D eigenvalue weighted by Crippen LogP contribution is 2.31. The van der Waals surface area contributed by atoms with Gasteiger partial charge < -0.3 is 14.7 Å². The van der Waals surface area contributed by atoms with Gasteiger partial charge >= 0.3 is 6.03 Å². The van der Waals surface area contributed by atoms with Crippen LogP contribution in [0.25, 0.3) is 0 Å². The van der Waals surface area contributed by atoms with Crippen molar-refractivity contribution in [3.05, 3.63) is 54.2 Å². The zero-order chi connectivity index (χ0) is 23.3. The van der Waals surface area contributed by atoms with E-state index in [0.29, 0.717) is 43.7 Å². The Labute approximate surface area is 201 Å². The summed E-state index contributed by atoms with van der Waals surface area (Å²) >= 11 is 1.02. The summed E-state index contributed by atoms with van der Waals surface area (Å²) in [6.07, 6.45) is 9.81. The number of hydrogen-bond acceptors (Lipinski definition) is 9. The number of pyridine rings is 1. The lowest BCUT2D eigenvalue weighted by Crippen LogP contribution is -2.49. The molecule has 3 amide bonds. The number of amides is 3. The van der Waals surface area contributed by atoms with Crippen molar-refractivity contribution in [3.8, 4) is 0 Å². The molecule has 1 N–H and O–H groups in total. The molecule has 0 aromatic carbocycles. The fraction of sp³-hybridized carbons (Fsp3) is 0.409. The minimum Gasteiger partial charge on any atom is -0.337 e. The maximum absolute atomic E-state index is 13.2. The van der Waals surface area contributed by atoms with Crippen LogP contribution in [0.5, 0.6) is 0 Å². The molecule has 2 fully saturated rings. The summed E-state index contributed by atoms with van der Waals surface area (Å²) in [4.78, 5) is 44.7. The first kappa shape index (κ1) is 22.1. The molecule has 1 unspecified atom stereocenters. The molecule has 11 nitrogen and oxygen atoms in total. The van der Waals surface area contributed by atoms with Crippen molar-refractivity contribution in [2.24, 2.45) is 0 Å². The topological polar surface area (TPSA) is 120 Å². The van der Waals surface area contributed by atoms with E-state index in [9.17, 15) is 9.59 Å². The van der Waals surface area contributed by atoms with Crippen molar-refractivity contribution in [1.29, 1.82) is 0 Å². The number of piperazine rings is 1. The molecule has 2 saturated heterocycles. The quantitative estimate of drug-likeness (QED) is 0.606. The average Bonchev–Trinajstić information content (AvgIpc) is 3.37. The van der Waals surface area contributed by atoms with Crippen molar-refractivity contribution in [3.63, 3.8) is 0 Å². The third-order valence-corrected chi connectivity index (χ3v) is 6.79. The van der Waals surface area contributed by atoms with Gasteiger partial charge in [-0.15, -0.1) is 5.10 Å². The van der Waals surface area contributed by atoms with Crippen LogP contribution in [0.15, 0.2) is 43.0 Å². The molecule has 0 aliphatic carbocycles. The van der Waals surface area contributed by atoms with Crippen molar-refractivity contribution in [1.82, 2.24) is 34.3 Å². The first-order chi connectivity index (χ1) is 16.7. The zero-order valence-corrected chi connectivity index (χ0v) is 19.4. The molecule has 0 bridgehead atoms. The fourth-order valence-electron chi connectivity index (χ4n) is 4.39. The van der Waals surface area contributed by atoms with Gasteiger partial charge in [0.1, 0.15) is 0 Å². The number of carbonyl (C=O) groups is 2. The van der Waals surface area contributed by atoms with E-state index >= 15 is 0 Å². The van der Waals surface area contributed by atoms with Crippen LogP contribution in [0.1, 0.15) is 41.4 Å². The number of aromatic nitrogens is 5. The van der Waals surface area contributed by atoms with Gasteiger partial charge in [0.25, 0.3) is 5.91 Å². The highest BCUT2D eigenvalue weighted by Gasteiger charge is 2.31. The molecular formula is C22H25N9O2S. The first-order valence-electron chi connectivity index (χ1n) is 11.3. The highest BCUT2D eigenvalue weighted by atomic mass is 32.1. The molecule has 3 aromatic heterocycles. The van der Waals surface area contributed by atoms with Crippen molar-refractivity contribution in [2.45, 2.75) is 25.3 Å². The molecule has 176 valence electrons. The van der Waals surface area contributed by atoms with E-state index in [0.717, 1.165) is 36.4 Å². The molecule has 0 saturated carbocycles. The van der Waals surface area contributed by atoms with Crippen LogP contribution in [-0.4, -0.2) is 79.0 Å². The zero-order valence-electron chi connectivity index (χ0n) is 18.6. The number of nitrogens with zero attached hydrogens (tertiary/aromatic N) is 8. The van der Waals surface area contributed by atoms with Crippen molar-refractivity contribution < 1.29 is 9.59 Å². The highest BCUT2D eigenvalue weighted by molar-refractivity contribution is 7.10. The summed E-state index contributed by atoms with van der Waals surface area (Å²) in [5.74, 6) is 0.419. The standard InChI is InChI=1S/C22H25N9O2S/c32-20(29-11-13-30(14-12-29)21-24-8-4-9-25-21)18-19(34-28-27-18)26-22(33)31-10-2-1-6-17(31)16-5-3-7-23-15-16/h3-5,7-9,15,17H,1-2,6,10-14H2,(H,26,33). The molecule has 5 rings (SSSR count). The molecule has 0 radical (unpaired) electrons. The minimum atomic E-state index is -0.250. The van der Waals surface area contributed by atoms with E-state index in [1.165, 1.54) is 0 Å². The SMILES string of the molecule is O=C(c1nnsc1NC(=O)N1CCCCC1c1cccnc1)N1CCN(c2ncccn2)CC1. The summed E-state index contributed by atoms with van der Waals surface area (Å²) in [5, 5.41) is 7.31. The number of anilines is 2. The van der Waals surface area contributed by atoms with Crippen LogP contribution in [0.4, 0.5) is 15.7 Å². The Bertz CT molecular complexity index is 1120. The summed E-state index contributed by atoms with van der Waals surface area (Å²) in [6.45, 7) is 2.91. The van der Waals surface area contributed by atoms with E-state index in [2.05, 4.69) is 29.9 Å². The summed E-state index contributed by atoms with van der Waals surface area (Å²) in [5.41, 5.74) is 1.19. The van der Waals surface area contributed by atoms with Gasteiger partial charge in [-0.2, -0.15) is 0 Å². The number of nitrogens with one attached hydrogen (secondary N) is 1. The predicted molar refractivity (Wildman–Crippen MR) is 127 cm³/mol. The van der Waals surface area contributed by atoms with Crippen molar-refractivity contribution in [2.75, 3.05) is 42.9 Å². The summed E-state index contributed by atoms with van der Waals surface area (Å²) in [7, 11) is 0. The van der Waals surface area contributed by atoms with E-state index in [-0.39, 0.29) is 23.7 Å². The molecule has 1 atom stereocenters. The van der Waals surface area contributed by atoms with E-state index in [1.807, 2.05) is 21.9 Å². The van der Waals surface area contributed by atoms with Gasteiger partial charge in [0.05, 0.1) is 6.04 Å². The Morgan fingerprint density at radius 1 is 1.00 bits per heavy atom. The lowest BCUT2D eigenvalue weighted by molar-refractivity contribution is 0.0741. The molecule has 2 aliphatic heterocycles. The van der Waals surface area contributed by atoms with Crippen LogP contribution >= 0.6 is 11.5 Å².